The fourth-order valence-electron chi connectivity index (χ4n) is 2.05. The molecule has 2 heterocycles. The molecule has 0 atom stereocenters. The van der Waals surface area contributed by atoms with Gasteiger partial charge in [-0.15, -0.1) is 0 Å². The largest absolute Gasteiger partial charge is 0.459 e. The molecule has 2 aromatic rings. The molecule has 0 saturated carbocycles. The summed E-state index contributed by atoms with van der Waals surface area (Å²) in [5, 5.41) is 0. The minimum Gasteiger partial charge on any atom is -0.459 e. The fourth-order valence-corrected chi connectivity index (χ4v) is 2.05. The van der Waals surface area contributed by atoms with Gasteiger partial charge in [0.25, 0.3) is 5.56 Å². The Morgan fingerprint density at radius 2 is 1.86 bits per heavy atom. The van der Waals surface area contributed by atoms with E-state index >= 15 is 0 Å². The number of imidazole rings is 1. The van der Waals surface area contributed by atoms with Gasteiger partial charge in [0, 0.05) is 14.1 Å². The van der Waals surface area contributed by atoms with Crippen LogP contribution in [-0.4, -0.2) is 30.3 Å². The molecular weight excluding hydrogens is 276 g/mol. The van der Waals surface area contributed by atoms with E-state index in [1.165, 1.54) is 29.6 Å². The zero-order valence-corrected chi connectivity index (χ0v) is 12.7. The van der Waals surface area contributed by atoms with E-state index < -0.39 is 17.1 Å². The molecule has 8 nitrogen and oxygen atoms in total. The molecular formula is C13H18N4O4. The van der Waals surface area contributed by atoms with E-state index in [0.717, 1.165) is 4.57 Å². The second kappa shape index (κ2) is 4.87. The first-order chi connectivity index (χ1) is 9.61. The molecule has 0 aliphatic carbocycles. The lowest BCUT2D eigenvalue weighted by Crippen LogP contribution is -2.31. The number of hydrogen-bond donors (Lipinski definition) is 0. The van der Waals surface area contributed by atoms with Crippen LogP contribution in [0.1, 0.15) is 20.8 Å². The number of hydrogen-bond acceptors (Lipinski definition) is 5. The Morgan fingerprint density at radius 1 is 1.24 bits per heavy atom. The number of nitrogens with zero attached hydrogens (tertiary/aromatic N) is 4. The molecule has 2 rings (SSSR count). The standard InChI is InChI=1S/C13H18N4O4/c1-13(2,3)21-8(18)6-17-7-14-10-9(11(17)19)15(4)12(20)16(10)5/h7H,6H2,1-5H3. The lowest BCUT2D eigenvalue weighted by molar-refractivity contribution is -0.155. The van der Waals surface area contributed by atoms with Crippen molar-refractivity contribution in [1.82, 2.24) is 18.7 Å². The van der Waals surface area contributed by atoms with E-state index in [-0.39, 0.29) is 23.4 Å². The van der Waals surface area contributed by atoms with Crippen LogP contribution in [0.15, 0.2) is 15.9 Å². The van der Waals surface area contributed by atoms with Crippen molar-refractivity contribution in [3.8, 4) is 0 Å². The SMILES string of the molecule is Cn1c(=O)n(C)c2c(=O)n(CC(=O)OC(C)(C)C)cnc21. The average molecular weight is 294 g/mol. The second-order valence-corrected chi connectivity index (χ2v) is 5.84. The Labute approximate surface area is 120 Å². The van der Waals surface area contributed by atoms with E-state index in [2.05, 4.69) is 4.98 Å². The normalized spacial score (nSPS) is 11.9. The lowest BCUT2D eigenvalue weighted by Gasteiger charge is -2.19. The van der Waals surface area contributed by atoms with Crippen LogP contribution in [-0.2, 0) is 30.2 Å². The third-order valence-electron chi connectivity index (χ3n) is 2.94. The fraction of sp³-hybridized carbons (Fsp3) is 0.538. The third-order valence-corrected chi connectivity index (χ3v) is 2.94. The monoisotopic (exact) mass is 294 g/mol. The second-order valence-electron chi connectivity index (χ2n) is 5.84. The van der Waals surface area contributed by atoms with Gasteiger partial charge in [0.05, 0.1) is 0 Å². The Kier molecular flexibility index (Phi) is 3.48. The number of aryl methyl sites for hydroxylation is 2. The van der Waals surface area contributed by atoms with E-state index in [1.807, 2.05) is 0 Å². The van der Waals surface area contributed by atoms with Crippen LogP contribution in [0.25, 0.3) is 11.2 Å². The molecule has 0 saturated heterocycles. The van der Waals surface area contributed by atoms with Crippen molar-refractivity contribution in [3.05, 3.63) is 27.2 Å². The summed E-state index contributed by atoms with van der Waals surface area (Å²) in [5.41, 5.74) is -0.977. The molecule has 8 heteroatoms. The molecule has 0 radical (unpaired) electrons. The van der Waals surface area contributed by atoms with Gasteiger partial charge >= 0.3 is 11.7 Å². The van der Waals surface area contributed by atoms with Crippen molar-refractivity contribution in [1.29, 1.82) is 0 Å². The van der Waals surface area contributed by atoms with Crippen LogP contribution < -0.4 is 11.2 Å². The van der Waals surface area contributed by atoms with Crippen molar-refractivity contribution in [3.63, 3.8) is 0 Å². The summed E-state index contributed by atoms with van der Waals surface area (Å²) in [6.07, 6.45) is 1.24. The minimum atomic E-state index is -0.627. The Morgan fingerprint density at radius 3 is 2.43 bits per heavy atom. The topological polar surface area (TPSA) is 88.1 Å². The van der Waals surface area contributed by atoms with Gasteiger partial charge in [-0.1, -0.05) is 0 Å². The predicted octanol–water partition coefficient (Wildman–Crippen LogP) is -0.225. The van der Waals surface area contributed by atoms with Gasteiger partial charge < -0.3 is 4.74 Å². The molecule has 0 amide bonds. The highest BCUT2D eigenvalue weighted by molar-refractivity contribution is 5.72. The highest BCUT2D eigenvalue weighted by atomic mass is 16.6. The van der Waals surface area contributed by atoms with Crippen LogP contribution in [0.2, 0.25) is 0 Å². The average Bonchev–Trinajstić information content (AvgIpc) is 2.56. The molecule has 0 aromatic carbocycles. The number of fused-ring (bicyclic) bond motifs is 1. The van der Waals surface area contributed by atoms with Crippen LogP contribution in [0.3, 0.4) is 0 Å². The van der Waals surface area contributed by atoms with Crippen molar-refractivity contribution < 1.29 is 9.53 Å². The first-order valence-corrected chi connectivity index (χ1v) is 6.44. The molecule has 0 spiro atoms. The van der Waals surface area contributed by atoms with Gasteiger partial charge in [-0.2, -0.15) is 0 Å². The summed E-state index contributed by atoms with van der Waals surface area (Å²) in [5.74, 6) is -0.535. The molecule has 0 fully saturated rings. The molecule has 21 heavy (non-hydrogen) atoms. The number of carbonyl (C=O) groups is 1. The van der Waals surface area contributed by atoms with Crippen molar-refractivity contribution in [2.45, 2.75) is 32.9 Å². The highest BCUT2D eigenvalue weighted by Gasteiger charge is 2.19. The van der Waals surface area contributed by atoms with Crippen LogP contribution in [0.4, 0.5) is 0 Å². The van der Waals surface area contributed by atoms with Gasteiger partial charge in [-0.05, 0) is 20.8 Å². The van der Waals surface area contributed by atoms with Crippen molar-refractivity contribution >= 4 is 17.1 Å². The van der Waals surface area contributed by atoms with Gasteiger partial charge in [-0.25, -0.2) is 9.78 Å². The molecule has 2 aromatic heterocycles. The van der Waals surface area contributed by atoms with Gasteiger partial charge in [0.15, 0.2) is 11.2 Å². The number of carbonyl (C=O) groups excluding carboxylic acids is 1. The summed E-state index contributed by atoms with van der Waals surface area (Å²) < 4.78 is 8.81. The summed E-state index contributed by atoms with van der Waals surface area (Å²) in [6, 6.07) is 0. The van der Waals surface area contributed by atoms with Crippen LogP contribution >= 0.6 is 0 Å². The van der Waals surface area contributed by atoms with Crippen molar-refractivity contribution in [2.75, 3.05) is 0 Å². The zero-order chi connectivity index (χ0) is 15.9. The maximum absolute atomic E-state index is 12.4. The van der Waals surface area contributed by atoms with Gasteiger partial charge in [0.1, 0.15) is 18.5 Å². The minimum absolute atomic E-state index is 0.161. The number of aromatic nitrogens is 4. The highest BCUT2D eigenvalue weighted by Crippen LogP contribution is 2.08. The summed E-state index contributed by atoms with van der Waals surface area (Å²) in [7, 11) is 3.03. The van der Waals surface area contributed by atoms with E-state index in [9.17, 15) is 14.4 Å². The van der Waals surface area contributed by atoms with E-state index in [0.29, 0.717) is 0 Å². The number of esters is 1. The first kappa shape index (κ1) is 15.0. The summed E-state index contributed by atoms with van der Waals surface area (Å²) >= 11 is 0. The van der Waals surface area contributed by atoms with E-state index in [4.69, 9.17) is 4.74 Å². The number of ether oxygens (including phenoxy) is 1. The van der Waals surface area contributed by atoms with Crippen molar-refractivity contribution in [2.24, 2.45) is 14.1 Å². The smallest absolute Gasteiger partial charge is 0.329 e. The Balaban J connectivity index is 2.46. The van der Waals surface area contributed by atoms with E-state index in [1.54, 1.807) is 20.8 Å². The first-order valence-electron chi connectivity index (χ1n) is 6.44. The Hall–Kier alpha value is -2.38. The number of rotatable bonds is 2. The third kappa shape index (κ3) is 2.74. The molecule has 0 aliphatic heterocycles. The molecule has 0 aliphatic rings. The van der Waals surface area contributed by atoms with Crippen LogP contribution in [0.5, 0.6) is 0 Å². The predicted molar refractivity (Wildman–Crippen MR) is 76.1 cm³/mol. The maximum atomic E-state index is 12.4. The lowest BCUT2D eigenvalue weighted by atomic mass is 10.2. The van der Waals surface area contributed by atoms with Gasteiger partial charge in [-0.3, -0.25) is 23.3 Å². The summed E-state index contributed by atoms with van der Waals surface area (Å²) in [6.45, 7) is 4.99. The molecule has 114 valence electrons. The molecule has 0 N–H and O–H groups in total. The maximum Gasteiger partial charge on any atom is 0.329 e. The molecule has 0 unspecified atom stereocenters. The quantitative estimate of drug-likeness (QED) is 0.714. The molecule has 0 bridgehead atoms. The van der Waals surface area contributed by atoms with Gasteiger partial charge in [0.2, 0.25) is 0 Å². The van der Waals surface area contributed by atoms with Crippen LogP contribution in [0, 0.1) is 0 Å². The zero-order valence-electron chi connectivity index (χ0n) is 12.7. The Bertz CT molecular complexity index is 820. The summed E-state index contributed by atoms with van der Waals surface area (Å²) in [4.78, 5) is 40.0.